The molecule has 0 heterocycles. The molecule has 6 heteroatoms. The maximum atomic E-state index is 10.1. The highest BCUT2D eigenvalue weighted by molar-refractivity contribution is 6.30. The molecule has 4 N–H and O–H groups in total. The van der Waals surface area contributed by atoms with Crippen molar-refractivity contribution in [3.05, 3.63) is 28.8 Å². The highest BCUT2D eigenvalue weighted by Crippen LogP contribution is 2.32. The molecule has 0 fully saturated rings. The maximum absolute atomic E-state index is 10.1. The summed E-state index contributed by atoms with van der Waals surface area (Å²) in [7, 11) is -2.17. The molecule has 0 aliphatic heterocycles. The third-order valence-corrected chi connectivity index (χ3v) is 3.44. The average Bonchev–Trinajstić information content (AvgIpc) is 2.20. The monoisotopic (exact) mass is 298 g/mol. The van der Waals surface area contributed by atoms with Crippen LogP contribution in [-0.4, -0.2) is 38.7 Å². The minimum absolute atomic E-state index is 0.627. The largest absolute Gasteiger partial charge is 0.631 e. The van der Waals surface area contributed by atoms with Crippen molar-refractivity contribution >= 4 is 7.32 Å². The molecule has 1 aromatic carbocycles. The highest BCUT2D eigenvalue weighted by Gasteiger charge is 2.37. The van der Waals surface area contributed by atoms with Crippen molar-refractivity contribution in [2.75, 3.05) is 0 Å². The predicted molar refractivity (Wildman–Crippen MR) is 84.1 cm³/mol. The third-order valence-electron chi connectivity index (χ3n) is 3.44. The molecule has 120 valence electrons. The summed E-state index contributed by atoms with van der Waals surface area (Å²) in [5.41, 5.74) is 1.93. The van der Waals surface area contributed by atoms with Gasteiger partial charge in [-0.3, -0.25) is 0 Å². The van der Waals surface area contributed by atoms with Gasteiger partial charge in [0.2, 0.25) is 0 Å². The minimum Gasteiger partial charge on any atom is -0.484 e. The zero-order valence-electron chi connectivity index (χ0n) is 13.9. The first-order chi connectivity index (χ1) is 9.28. The lowest BCUT2D eigenvalue weighted by Crippen LogP contribution is -2.49. The molecule has 0 radical (unpaired) electrons. The molecule has 21 heavy (non-hydrogen) atoms. The number of benzene rings is 1. The van der Waals surface area contributed by atoms with E-state index in [1.54, 1.807) is 13.8 Å². The molecule has 0 aliphatic rings. The number of rotatable bonds is 3. The second-order valence-electron chi connectivity index (χ2n) is 6.25. The van der Waals surface area contributed by atoms with Gasteiger partial charge in [-0.15, -0.1) is 0 Å². The van der Waals surface area contributed by atoms with Crippen LogP contribution in [0.2, 0.25) is 0 Å². The van der Waals surface area contributed by atoms with Gasteiger partial charge >= 0.3 is 7.32 Å². The summed E-state index contributed by atoms with van der Waals surface area (Å²) in [6, 6.07) is 4.20. The van der Waals surface area contributed by atoms with Crippen LogP contribution in [0.5, 0.6) is 5.75 Å². The molecule has 0 atom stereocenters. The normalized spacial score (nSPS) is 11.6. The Morgan fingerprint density at radius 1 is 0.905 bits per heavy atom. The summed E-state index contributed by atoms with van der Waals surface area (Å²) in [5, 5.41) is 31.6. The van der Waals surface area contributed by atoms with Crippen LogP contribution in [0.15, 0.2) is 12.1 Å². The summed E-state index contributed by atoms with van der Waals surface area (Å²) in [5.74, 6) is 0.878. The van der Waals surface area contributed by atoms with Crippen molar-refractivity contribution in [1.29, 1.82) is 0 Å². The molecular weight excluding hydrogens is 271 g/mol. The Morgan fingerprint density at radius 3 is 1.52 bits per heavy atom. The Kier molecular flexibility index (Phi) is 6.90. The number of hydrogen-bond acceptors (Lipinski definition) is 5. The van der Waals surface area contributed by atoms with E-state index in [0.29, 0.717) is 0 Å². The van der Waals surface area contributed by atoms with Gasteiger partial charge in [-0.05, 0) is 59.6 Å². The van der Waals surface area contributed by atoms with Crippen LogP contribution in [0.1, 0.15) is 44.4 Å². The van der Waals surface area contributed by atoms with Gasteiger partial charge in [-0.25, -0.2) is 0 Å². The van der Waals surface area contributed by atoms with Gasteiger partial charge in [0, 0.05) is 0 Å². The molecule has 0 aromatic heterocycles. The molecule has 0 unspecified atom stereocenters. The van der Waals surface area contributed by atoms with Crippen LogP contribution in [-0.2, 0) is 0 Å². The number of aliphatic hydroxyl groups is 1. The van der Waals surface area contributed by atoms with Gasteiger partial charge in [0.1, 0.15) is 11.4 Å². The Labute approximate surface area is 127 Å². The Balaban J connectivity index is 0.000000885. The van der Waals surface area contributed by atoms with Gasteiger partial charge in [0.05, 0.1) is 5.60 Å². The quantitative estimate of drug-likeness (QED) is 0.635. The van der Waals surface area contributed by atoms with Crippen LogP contribution >= 0.6 is 0 Å². The molecule has 0 saturated carbocycles. The van der Waals surface area contributed by atoms with Gasteiger partial charge < -0.3 is 24.9 Å². The van der Waals surface area contributed by atoms with Crippen molar-refractivity contribution in [2.24, 2.45) is 0 Å². The van der Waals surface area contributed by atoms with Gasteiger partial charge in [-0.1, -0.05) is 17.7 Å². The fourth-order valence-electron chi connectivity index (χ4n) is 1.71. The molecular formula is C15H27BO5. The van der Waals surface area contributed by atoms with Crippen LogP contribution in [0.4, 0.5) is 0 Å². The van der Waals surface area contributed by atoms with Crippen LogP contribution < -0.4 is 4.74 Å². The zero-order valence-corrected chi connectivity index (χ0v) is 13.9. The number of aryl methyl sites for hydroxylation is 3. The Bertz CT molecular complexity index is 438. The molecule has 0 bridgehead atoms. The SMILES string of the molecule is Cc1cc(C)c(OC(C)(C)C(C)(C)O)c(C)c1.OB(O)O. The fourth-order valence-corrected chi connectivity index (χ4v) is 1.71. The van der Waals surface area contributed by atoms with Gasteiger partial charge in [0.25, 0.3) is 0 Å². The first kappa shape index (κ1) is 19.9. The van der Waals surface area contributed by atoms with Crippen LogP contribution in [0.25, 0.3) is 0 Å². The molecule has 0 amide bonds. The van der Waals surface area contributed by atoms with Gasteiger partial charge in [-0.2, -0.15) is 0 Å². The molecule has 1 aromatic rings. The molecule has 0 aliphatic carbocycles. The van der Waals surface area contributed by atoms with Crippen molar-refractivity contribution in [3.63, 3.8) is 0 Å². The lowest BCUT2D eigenvalue weighted by Gasteiger charge is -2.38. The first-order valence-electron chi connectivity index (χ1n) is 6.81. The Hall–Kier alpha value is -1.08. The maximum Gasteiger partial charge on any atom is 0.631 e. The number of ether oxygens (including phenoxy) is 1. The van der Waals surface area contributed by atoms with E-state index in [1.165, 1.54) is 5.56 Å². The smallest absolute Gasteiger partial charge is 0.484 e. The molecule has 0 saturated heterocycles. The predicted octanol–water partition coefficient (Wildman–Crippen LogP) is 1.49. The van der Waals surface area contributed by atoms with Crippen molar-refractivity contribution in [2.45, 2.75) is 59.7 Å². The second-order valence-corrected chi connectivity index (χ2v) is 6.25. The standard InChI is InChI=1S/C15H24O2.BH3O3/c1-10-8-11(2)13(12(3)9-10)17-15(6,7)14(4,5)16;2-1(3)4/h8-9,16H,1-7H3;2-4H. The minimum atomic E-state index is -2.17. The zero-order chi connectivity index (χ0) is 17.0. The van der Waals surface area contributed by atoms with E-state index >= 15 is 0 Å². The second kappa shape index (κ2) is 7.27. The molecule has 0 spiro atoms. The average molecular weight is 298 g/mol. The first-order valence-corrected chi connectivity index (χ1v) is 6.81. The molecule has 5 nitrogen and oxygen atoms in total. The van der Waals surface area contributed by atoms with Crippen LogP contribution in [0.3, 0.4) is 0 Å². The summed E-state index contributed by atoms with van der Waals surface area (Å²) >= 11 is 0. The lowest BCUT2D eigenvalue weighted by atomic mass is 9.89. The fraction of sp³-hybridized carbons (Fsp3) is 0.600. The summed E-state index contributed by atoms with van der Waals surface area (Å²) in [6.07, 6.45) is 0. The Morgan fingerprint density at radius 2 is 1.24 bits per heavy atom. The van der Waals surface area contributed by atoms with Crippen molar-refractivity contribution in [3.8, 4) is 5.75 Å². The van der Waals surface area contributed by atoms with E-state index < -0.39 is 18.5 Å². The van der Waals surface area contributed by atoms with Crippen LogP contribution in [0, 0.1) is 20.8 Å². The topological polar surface area (TPSA) is 90.2 Å². The molecule has 1 rings (SSSR count). The third kappa shape index (κ3) is 6.48. The summed E-state index contributed by atoms with van der Waals surface area (Å²) < 4.78 is 6.03. The van der Waals surface area contributed by atoms with E-state index in [2.05, 4.69) is 19.1 Å². The highest BCUT2D eigenvalue weighted by atomic mass is 16.5. The van der Waals surface area contributed by atoms with E-state index in [1.807, 2.05) is 27.7 Å². The van der Waals surface area contributed by atoms with E-state index in [4.69, 9.17) is 19.8 Å². The van der Waals surface area contributed by atoms with E-state index in [-0.39, 0.29) is 0 Å². The number of hydrogen-bond donors (Lipinski definition) is 4. The lowest BCUT2D eigenvalue weighted by molar-refractivity contribution is -0.0911. The van der Waals surface area contributed by atoms with Gasteiger partial charge in [0.15, 0.2) is 0 Å². The summed E-state index contributed by atoms with van der Waals surface area (Å²) in [6.45, 7) is 13.5. The van der Waals surface area contributed by atoms with E-state index in [0.717, 1.165) is 16.9 Å². The summed E-state index contributed by atoms with van der Waals surface area (Å²) in [4.78, 5) is 0. The van der Waals surface area contributed by atoms with Crippen molar-refractivity contribution < 1.29 is 24.9 Å². The van der Waals surface area contributed by atoms with E-state index in [9.17, 15) is 5.11 Å². The van der Waals surface area contributed by atoms with Crippen molar-refractivity contribution in [1.82, 2.24) is 0 Å².